The van der Waals surface area contributed by atoms with Gasteiger partial charge in [0.05, 0.1) is 11.7 Å². The van der Waals surface area contributed by atoms with Gasteiger partial charge in [0.2, 0.25) is 0 Å². The van der Waals surface area contributed by atoms with Crippen LogP contribution in [0.4, 0.5) is 0 Å². The lowest BCUT2D eigenvalue weighted by Gasteiger charge is -2.20. The average Bonchev–Trinajstić information content (AvgIpc) is 2.24. The minimum Gasteiger partial charge on any atom is -0.385 e. The van der Waals surface area contributed by atoms with E-state index in [-0.39, 0.29) is 0 Å². The van der Waals surface area contributed by atoms with Crippen molar-refractivity contribution in [2.75, 3.05) is 0 Å². The molecule has 1 rings (SSSR count). The molecule has 84 valence electrons. The van der Waals surface area contributed by atoms with Gasteiger partial charge in [-0.25, -0.2) is 0 Å². The SMILES string of the molecule is CC(C)(O)C(=CC#N)SCc1ccccc1. The van der Waals surface area contributed by atoms with Gasteiger partial charge in [-0.05, 0) is 19.4 Å². The highest BCUT2D eigenvalue weighted by molar-refractivity contribution is 8.02. The lowest BCUT2D eigenvalue weighted by atomic mass is 10.1. The molecule has 0 radical (unpaired) electrons. The number of hydrogen-bond donors (Lipinski definition) is 1. The highest BCUT2D eigenvalue weighted by Crippen LogP contribution is 2.30. The summed E-state index contributed by atoms with van der Waals surface area (Å²) in [4.78, 5) is 0.693. The van der Waals surface area contributed by atoms with Crippen LogP contribution in [0.5, 0.6) is 0 Å². The molecule has 1 N–H and O–H groups in total. The van der Waals surface area contributed by atoms with Crippen molar-refractivity contribution in [2.24, 2.45) is 0 Å². The second-order valence-corrected chi connectivity index (χ2v) is 4.99. The minimum atomic E-state index is -0.949. The van der Waals surface area contributed by atoms with Crippen LogP contribution in [0.3, 0.4) is 0 Å². The molecule has 16 heavy (non-hydrogen) atoms. The Hall–Kier alpha value is -1.24. The first-order valence-electron chi connectivity index (χ1n) is 5.03. The molecular formula is C13H15NOS. The summed E-state index contributed by atoms with van der Waals surface area (Å²) in [6.07, 6.45) is 1.41. The highest BCUT2D eigenvalue weighted by atomic mass is 32.2. The molecule has 0 unspecified atom stereocenters. The van der Waals surface area contributed by atoms with Crippen molar-refractivity contribution in [1.29, 1.82) is 5.26 Å². The fraction of sp³-hybridized carbons (Fsp3) is 0.308. The third kappa shape index (κ3) is 4.09. The van der Waals surface area contributed by atoms with Crippen molar-refractivity contribution in [3.05, 3.63) is 46.9 Å². The van der Waals surface area contributed by atoms with E-state index in [9.17, 15) is 5.11 Å². The quantitative estimate of drug-likeness (QED) is 0.813. The minimum absolute atomic E-state index is 0.693. The number of aliphatic hydroxyl groups is 1. The Kier molecular flexibility index (Phi) is 4.60. The van der Waals surface area contributed by atoms with Crippen LogP contribution in [0.2, 0.25) is 0 Å². The molecule has 0 aromatic heterocycles. The molecule has 0 aliphatic rings. The zero-order valence-electron chi connectivity index (χ0n) is 9.47. The first-order valence-corrected chi connectivity index (χ1v) is 6.02. The van der Waals surface area contributed by atoms with Crippen LogP contribution in [0.15, 0.2) is 41.3 Å². The van der Waals surface area contributed by atoms with E-state index in [1.54, 1.807) is 13.8 Å². The van der Waals surface area contributed by atoms with E-state index in [2.05, 4.69) is 0 Å². The molecule has 0 spiro atoms. The Bertz CT molecular complexity index is 398. The summed E-state index contributed by atoms with van der Waals surface area (Å²) < 4.78 is 0. The molecular weight excluding hydrogens is 218 g/mol. The fourth-order valence-corrected chi connectivity index (χ4v) is 2.19. The number of benzene rings is 1. The fourth-order valence-electron chi connectivity index (χ4n) is 1.19. The smallest absolute Gasteiger partial charge is 0.0921 e. The molecule has 1 aromatic rings. The zero-order chi connectivity index (χ0) is 12.0. The predicted molar refractivity (Wildman–Crippen MR) is 67.7 cm³/mol. The zero-order valence-corrected chi connectivity index (χ0v) is 10.3. The highest BCUT2D eigenvalue weighted by Gasteiger charge is 2.19. The van der Waals surface area contributed by atoms with Crippen molar-refractivity contribution in [1.82, 2.24) is 0 Å². The number of thioether (sulfide) groups is 1. The topological polar surface area (TPSA) is 44.0 Å². The maximum absolute atomic E-state index is 9.85. The van der Waals surface area contributed by atoms with Gasteiger partial charge in [0, 0.05) is 16.7 Å². The Morgan fingerprint density at radius 2 is 2.06 bits per heavy atom. The van der Waals surface area contributed by atoms with Gasteiger partial charge >= 0.3 is 0 Å². The molecule has 0 saturated heterocycles. The summed E-state index contributed by atoms with van der Waals surface area (Å²) in [6, 6.07) is 12.0. The van der Waals surface area contributed by atoms with Gasteiger partial charge < -0.3 is 5.11 Å². The van der Waals surface area contributed by atoms with E-state index in [0.717, 1.165) is 5.75 Å². The molecule has 0 fully saturated rings. The number of rotatable bonds is 4. The number of hydrogen-bond acceptors (Lipinski definition) is 3. The summed E-state index contributed by atoms with van der Waals surface area (Å²) in [5.74, 6) is 0.762. The number of nitriles is 1. The van der Waals surface area contributed by atoms with E-state index < -0.39 is 5.60 Å². The van der Waals surface area contributed by atoms with E-state index in [1.807, 2.05) is 36.4 Å². The summed E-state index contributed by atoms with van der Waals surface area (Å²) >= 11 is 1.49. The van der Waals surface area contributed by atoms with E-state index >= 15 is 0 Å². The van der Waals surface area contributed by atoms with Gasteiger partial charge in [-0.1, -0.05) is 30.3 Å². The van der Waals surface area contributed by atoms with Crippen LogP contribution in [-0.2, 0) is 5.75 Å². The molecule has 0 bridgehead atoms. The van der Waals surface area contributed by atoms with Crippen LogP contribution >= 0.6 is 11.8 Å². The second kappa shape index (κ2) is 5.74. The van der Waals surface area contributed by atoms with Gasteiger partial charge in [0.25, 0.3) is 0 Å². The summed E-state index contributed by atoms with van der Waals surface area (Å²) in [6.45, 7) is 3.38. The van der Waals surface area contributed by atoms with Crippen molar-refractivity contribution in [3.8, 4) is 6.07 Å². The Balaban J connectivity index is 2.67. The van der Waals surface area contributed by atoms with Crippen LogP contribution in [0.1, 0.15) is 19.4 Å². The van der Waals surface area contributed by atoms with Gasteiger partial charge in [0.1, 0.15) is 0 Å². The molecule has 2 nitrogen and oxygen atoms in total. The monoisotopic (exact) mass is 233 g/mol. The Morgan fingerprint density at radius 3 is 2.56 bits per heavy atom. The maximum Gasteiger partial charge on any atom is 0.0921 e. The van der Waals surface area contributed by atoms with Crippen LogP contribution in [0, 0.1) is 11.3 Å². The van der Waals surface area contributed by atoms with Crippen LogP contribution in [-0.4, -0.2) is 10.7 Å². The second-order valence-electron chi connectivity index (χ2n) is 3.97. The van der Waals surface area contributed by atoms with E-state index in [0.29, 0.717) is 4.91 Å². The third-order valence-corrected chi connectivity index (χ3v) is 3.44. The largest absolute Gasteiger partial charge is 0.385 e. The lowest BCUT2D eigenvalue weighted by molar-refractivity contribution is 0.129. The molecule has 0 aliphatic carbocycles. The first-order chi connectivity index (χ1) is 7.54. The summed E-state index contributed by atoms with van der Waals surface area (Å²) in [5, 5.41) is 18.5. The maximum atomic E-state index is 9.85. The summed E-state index contributed by atoms with van der Waals surface area (Å²) in [5.41, 5.74) is 0.232. The molecule has 0 heterocycles. The van der Waals surface area contributed by atoms with Gasteiger partial charge in [0.15, 0.2) is 0 Å². The molecule has 0 amide bonds. The number of allylic oxidation sites excluding steroid dienone is 1. The Morgan fingerprint density at radius 1 is 1.44 bits per heavy atom. The van der Waals surface area contributed by atoms with Crippen molar-refractivity contribution in [3.63, 3.8) is 0 Å². The van der Waals surface area contributed by atoms with E-state index in [1.165, 1.54) is 23.4 Å². The molecule has 0 saturated carbocycles. The normalized spacial score (nSPS) is 12.2. The van der Waals surface area contributed by atoms with E-state index in [4.69, 9.17) is 5.26 Å². The van der Waals surface area contributed by atoms with Gasteiger partial charge in [-0.3, -0.25) is 0 Å². The molecule has 0 atom stereocenters. The summed E-state index contributed by atoms with van der Waals surface area (Å²) in [7, 11) is 0. The Labute approximate surface area is 101 Å². The van der Waals surface area contributed by atoms with Crippen molar-refractivity contribution in [2.45, 2.75) is 25.2 Å². The predicted octanol–water partition coefficient (Wildman–Crippen LogP) is 3.10. The lowest BCUT2D eigenvalue weighted by Crippen LogP contribution is -2.20. The standard InChI is InChI=1S/C13H15NOS/c1-13(2,15)12(8-9-14)16-10-11-6-4-3-5-7-11/h3-8,15H,10H2,1-2H3. The third-order valence-electron chi connectivity index (χ3n) is 2.04. The van der Waals surface area contributed by atoms with Crippen molar-refractivity contribution < 1.29 is 5.11 Å². The average molecular weight is 233 g/mol. The van der Waals surface area contributed by atoms with Crippen LogP contribution < -0.4 is 0 Å². The molecule has 3 heteroatoms. The first kappa shape index (κ1) is 12.8. The van der Waals surface area contributed by atoms with Crippen molar-refractivity contribution >= 4 is 11.8 Å². The van der Waals surface area contributed by atoms with Gasteiger partial charge in [-0.2, -0.15) is 5.26 Å². The van der Waals surface area contributed by atoms with Gasteiger partial charge in [-0.15, -0.1) is 11.8 Å². The van der Waals surface area contributed by atoms with Crippen LogP contribution in [0.25, 0.3) is 0 Å². The molecule has 0 aliphatic heterocycles. The number of nitrogens with zero attached hydrogens (tertiary/aromatic N) is 1. The molecule has 1 aromatic carbocycles.